The Kier molecular flexibility index (Phi) is 6.43. The maximum absolute atomic E-state index is 13.2. The van der Waals surface area contributed by atoms with Crippen molar-refractivity contribution in [2.75, 3.05) is 31.5 Å². The minimum atomic E-state index is -0.211. The third-order valence-electron chi connectivity index (χ3n) is 5.77. The van der Waals surface area contributed by atoms with Gasteiger partial charge in [0.05, 0.1) is 37.4 Å². The van der Waals surface area contributed by atoms with Crippen LogP contribution < -0.4 is 10.2 Å². The SMILES string of the molecule is Cc1ccc(C(=O)Nc2ccccc2C(=O)N2CC[NH+](Cc3ccccc3)CC2)cc1. The molecule has 1 aliphatic heterocycles. The molecule has 31 heavy (non-hydrogen) atoms. The molecule has 0 aromatic heterocycles. The predicted octanol–water partition coefficient (Wildman–Crippen LogP) is 2.79. The smallest absolute Gasteiger partial charge is 0.256 e. The zero-order chi connectivity index (χ0) is 21.6. The van der Waals surface area contributed by atoms with Gasteiger partial charge in [-0.25, -0.2) is 0 Å². The summed E-state index contributed by atoms with van der Waals surface area (Å²) in [6.07, 6.45) is 0. The van der Waals surface area contributed by atoms with Crippen molar-refractivity contribution in [3.8, 4) is 0 Å². The standard InChI is InChI=1S/C26H27N3O2/c1-20-11-13-22(14-12-20)25(30)27-24-10-6-5-9-23(24)26(31)29-17-15-28(16-18-29)19-21-7-3-2-4-8-21/h2-14H,15-19H2,1H3,(H,27,30)/p+1. The number of para-hydroxylation sites is 1. The van der Waals surface area contributed by atoms with Crippen LogP contribution in [0, 0.1) is 6.92 Å². The number of carbonyl (C=O) groups excluding carboxylic acids is 2. The molecule has 3 aromatic carbocycles. The second kappa shape index (κ2) is 9.58. The fraction of sp³-hybridized carbons (Fsp3) is 0.231. The maximum atomic E-state index is 13.2. The largest absolute Gasteiger partial charge is 0.328 e. The molecule has 2 N–H and O–H groups in total. The predicted molar refractivity (Wildman–Crippen MR) is 122 cm³/mol. The molecule has 0 spiro atoms. The first-order chi connectivity index (χ1) is 15.1. The number of amides is 2. The number of benzene rings is 3. The lowest BCUT2D eigenvalue weighted by molar-refractivity contribution is -0.917. The van der Waals surface area contributed by atoms with Gasteiger partial charge in [0.1, 0.15) is 6.54 Å². The minimum Gasteiger partial charge on any atom is -0.328 e. The number of nitrogens with one attached hydrogen (secondary N) is 2. The highest BCUT2D eigenvalue weighted by Crippen LogP contribution is 2.19. The summed E-state index contributed by atoms with van der Waals surface area (Å²) in [5.74, 6) is -0.240. The van der Waals surface area contributed by atoms with Crippen molar-refractivity contribution >= 4 is 17.5 Å². The molecule has 0 bridgehead atoms. The topological polar surface area (TPSA) is 53.9 Å². The van der Waals surface area contributed by atoms with Gasteiger partial charge in [-0.1, -0.05) is 60.2 Å². The summed E-state index contributed by atoms with van der Waals surface area (Å²) < 4.78 is 0. The van der Waals surface area contributed by atoms with Crippen LogP contribution >= 0.6 is 0 Å². The van der Waals surface area contributed by atoms with E-state index in [2.05, 4.69) is 29.6 Å². The van der Waals surface area contributed by atoms with E-state index in [0.29, 0.717) is 29.9 Å². The second-order valence-electron chi connectivity index (χ2n) is 8.07. The van der Waals surface area contributed by atoms with Crippen molar-refractivity contribution in [1.29, 1.82) is 0 Å². The molecule has 4 rings (SSSR count). The van der Waals surface area contributed by atoms with E-state index >= 15 is 0 Å². The molecule has 2 amide bonds. The van der Waals surface area contributed by atoms with E-state index in [9.17, 15) is 9.59 Å². The van der Waals surface area contributed by atoms with E-state index in [-0.39, 0.29) is 11.8 Å². The number of carbonyl (C=O) groups is 2. The maximum Gasteiger partial charge on any atom is 0.256 e. The number of quaternary nitrogens is 1. The van der Waals surface area contributed by atoms with Gasteiger partial charge in [0.2, 0.25) is 0 Å². The van der Waals surface area contributed by atoms with Crippen molar-refractivity contribution in [2.45, 2.75) is 13.5 Å². The zero-order valence-corrected chi connectivity index (χ0v) is 17.8. The number of rotatable bonds is 5. The van der Waals surface area contributed by atoms with Crippen molar-refractivity contribution in [3.63, 3.8) is 0 Å². The van der Waals surface area contributed by atoms with Gasteiger partial charge in [-0.15, -0.1) is 0 Å². The minimum absolute atomic E-state index is 0.0291. The highest BCUT2D eigenvalue weighted by Gasteiger charge is 2.26. The highest BCUT2D eigenvalue weighted by atomic mass is 16.2. The third kappa shape index (κ3) is 5.19. The van der Waals surface area contributed by atoms with Crippen LogP contribution in [0.2, 0.25) is 0 Å². The summed E-state index contributed by atoms with van der Waals surface area (Å²) in [6, 6.07) is 25.1. The lowest BCUT2D eigenvalue weighted by Gasteiger charge is -2.32. The summed E-state index contributed by atoms with van der Waals surface area (Å²) in [5, 5.41) is 2.92. The quantitative estimate of drug-likeness (QED) is 0.675. The Bertz CT molecular complexity index is 1040. The third-order valence-corrected chi connectivity index (χ3v) is 5.77. The normalized spacial score (nSPS) is 14.3. The Morgan fingerprint density at radius 2 is 1.52 bits per heavy atom. The molecule has 0 saturated carbocycles. The van der Waals surface area contributed by atoms with Gasteiger partial charge in [-0.05, 0) is 31.2 Å². The van der Waals surface area contributed by atoms with Gasteiger partial charge in [0, 0.05) is 11.1 Å². The summed E-state index contributed by atoms with van der Waals surface area (Å²) in [6.45, 7) is 6.21. The van der Waals surface area contributed by atoms with Crippen LogP contribution in [0.5, 0.6) is 0 Å². The molecular formula is C26H28N3O2+. The van der Waals surface area contributed by atoms with Crippen LogP contribution in [-0.2, 0) is 6.54 Å². The Morgan fingerprint density at radius 3 is 2.23 bits per heavy atom. The fourth-order valence-electron chi connectivity index (χ4n) is 3.94. The van der Waals surface area contributed by atoms with Gasteiger partial charge in [0.25, 0.3) is 11.8 Å². The number of anilines is 1. The number of piperazine rings is 1. The van der Waals surface area contributed by atoms with Crippen LogP contribution in [-0.4, -0.2) is 42.9 Å². The van der Waals surface area contributed by atoms with E-state index in [1.807, 2.05) is 42.2 Å². The molecule has 158 valence electrons. The monoisotopic (exact) mass is 414 g/mol. The summed E-state index contributed by atoms with van der Waals surface area (Å²) >= 11 is 0. The first-order valence-electron chi connectivity index (χ1n) is 10.7. The Morgan fingerprint density at radius 1 is 0.871 bits per heavy atom. The van der Waals surface area contributed by atoms with E-state index in [4.69, 9.17) is 0 Å². The first kappa shape index (κ1) is 20.8. The van der Waals surface area contributed by atoms with E-state index in [1.165, 1.54) is 10.5 Å². The number of nitrogens with zero attached hydrogens (tertiary/aromatic N) is 1. The number of hydrogen-bond acceptors (Lipinski definition) is 2. The van der Waals surface area contributed by atoms with Crippen molar-refractivity contribution < 1.29 is 14.5 Å². The van der Waals surface area contributed by atoms with Gasteiger partial charge < -0.3 is 15.1 Å². The first-order valence-corrected chi connectivity index (χ1v) is 10.7. The summed E-state index contributed by atoms with van der Waals surface area (Å²) in [5.41, 5.74) is 4.08. The molecule has 1 fully saturated rings. The van der Waals surface area contributed by atoms with E-state index in [0.717, 1.165) is 25.2 Å². The zero-order valence-electron chi connectivity index (χ0n) is 17.8. The number of aryl methyl sites for hydroxylation is 1. The van der Waals surface area contributed by atoms with Crippen LogP contribution in [0.25, 0.3) is 0 Å². The molecule has 0 radical (unpaired) electrons. The van der Waals surface area contributed by atoms with Crippen LogP contribution in [0.3, 0.4) is 0 Å². The Hall–Kier alpha value is -3.44. The molecule has 0 atom stereocenters. The van der Waals surface area contributed by atoms with Crippen LogP contribution in [0.15, 0.2) is 78.9 Å². The molecule has 5 nitrogen and oxygen atoms in total. The van der Waals surface area contributed by atoms with Gasteiger partial charge in [-0.2, -0.15) is 0 Å². The molecule has 0 aliphatic carbocycles. The lowest BCUT2D eigenvalue weighted by Crippen LogP contribution is -3.13. The van der Waals surface area contributed by atoms with Crippen LogP contribution in [0.4, 0.5) is 5.69 Å². The molecule has 3 aromatic rings. The summed E-state index contributed by atoms with van der Waals surface area (Å²) in [4.78, 5) is 29.2. The average molecular weight is 415 g/mol. The van der Waals surface area contributed by atoms with Crippen molar-refractivity contribution in [1.82, 2.24) is 4.90 Å². The Balaban J connectivity index is 1.40. The van der Waals surface area contributed by atoms with Gasteiger partial charge in [-0.3, -0.25) is 9.59 Å². The molecule has 1 saturated heterocycles. The van der Waals surface area contributed by atoms with Gasteiger partial charge in [0.15, 0.2) is 0 Å². The van der Waals surface area contributed by atoms with Crippen LogP contribution in [0.1, 0.15) is 31.8 Å². The summed E-state index contributed by atoms with van der Waals surface area (Å²) in [7, 11) is 0. The molecule has 5 heteroatoms. The molecule has 0 unspecified atom stereocenters. The van der Waals surface area contributed by atoms with Gasteiger partial charge >= 0.3 is 0 Å². The molecule has 1 aliphatic rings. The average Bonchev–Trinajstić information content (AvgIpc) is 2.80. The molecule has 1 heterocycles. The van der Waals surface area contributed by atoms with E-state index in [1.54, 1.807) is 24.3 Å². The second-order valence-corrected chi connectivity index (χ2v) is 8.07. The van der Waals surface area contributed by atoms with Crippen molar-refractivity contribution in [3.05, 3.63) is 101 Å². The fourth-order valence-corrected chi connectivity index (χ4v) is 3.94. The lowest BCUT2D eigenvalue weighted by atomic mass is 10.1. The Labute approximate surface area is 183 Å². The van der Waals surface area contributed by atoms with E-state index < -0.39 is 0 Å². The molecular weight excluding hydrogens is 386 g/mol. The van der Waals surface area contributed by atoms with Crippen molar-refractivity contribution in [2.24, 2.45) is 0 Å². The number of hydrogen-bond donors (Lipinski definition) is 2. The highest BCUT2D eigenvalue weighted by molar-refractivity contribution is 6.09.